The lowest BCUT2D eigenvalue weighted by molar-refractivity contribution is -0.136. The predicted molar refractivity (Wildman–Crippen MR) is 158 cm³/mol. The number of anilines is 3. The number of rotatable bonds is 7. The van der Waals surface area contributed by atoms with E-state index in [1.807, 2.05) is 30.3 Å². The summed E-state index contributed by atoms with van der Waals surface area (Å²) < 4.78 is 10.6. The Balaban J connectivity index is 1.30. The second kappa shape index (κ2) is 12.0. The zero-order valence-corrected chi connectivity index (χ0v) is 23.7. The Morgan fingerprint density at radius 2 is 1.56 bits per heavy atom. The highest BCUT2D eigenvalue weighted by atomic mass is 35.5. The number of halogens is 1. The molecule has 0 atom stereocenters. The zero-order valence-electron chi connectivity index (χ0n) is 22.9. The lowest BCUT2D eigenvalue weighted by Crippen LogP contribution is -2.58. The number of carbonyl (C=O) groups excluding carboxylic acids is 3. The molecule has 41 heavy (non-hydrogen) atoms. The molecule has 0 aliphatic carbocycles. The summed E-state index contributed by atoms with van der Waals surface area (Å²) in [5, 5.41) is 6.24. The van der Waals surface area contributed by atoms with E-state index >= 15 is 0 Å². The summed E-state index contributed by atoms with van der Waals surface area (Å²) >= 11 is 6.05. The summed E-state index contributed by atoms with van der Waals surface area (Å²) in [6.07, 6.45) is 0.837. The molecule has 0 unspecified atom stereocenters. The van der Waals surface area contributed by atoms with Gasteiger partial charge in [-0.05, 0) is 43.2 Å². The minimum atomic E-state index is -0.867. The van der Waals surface area contributed by atoms with Crippen LogP contribution in [0, 0.1) is 0 Å². The molecule has 2 aliphatic heterocycles. The summed E-state index contributed by atoms with van der Waals surface area (Å²) in [4.78, 5) is 45.4. The highest BCUT2D eigenvalue weighted by Gasteiger charge is 2.54. The summed E-state index contributed by atoms with van der Waals surface area (Å²) in [7, 11) is 3.09. The van der Waals surface area contributed by atoms with Crippen LogP contribution in [0.25, 0.3) is 0 Å². The monoisotopic (exact) mass is 577 g/mol. The molecule has 3 aromatic rings. The fraction of sp³-hybridized carbons (Fsp3) is 0.300. The van der Waals surface area contributed by atoms with Crippen molar-refractivity contribution in [3.8, 4) is 11.5 Å². The number of urea groups is 1. The Morgan fingerprint density at radius 1 is 0.878 bits per heavy atom. The molecule has 5 rings (SSSR count). The SMILES string of the molecule is COc1cc(NC(=O)N2CCC3(CC2)C(=O)N(CC(=O)Nc2cccc(Cl)c2)CN3c2ccccc2)cc(OC)c1. The van der Waals surface area contributed by atoms with Crippen molar-refractivity contribution >= 4 is 46.5 Å². The zero-order chi connectivity index (χ0) is 29.0. The van der Waals surface area contributed by atoms with E-state index in [4.69, 9.17) is 21.1 Å². The van der Waals surface area contributed by atoms with Gasteiger partial charge in [-0.1, -0.05) is 35.9 Å². The quantitative estimate of drug-likeness (QED) is 0.423. The van der Waals surface area contributed by atoms with E-state index in [0.29, 0.717) is 53.8 Å². The van der Waals surface area contributed by atoms with Crippen LogP contribution in [0.1, 0.15) is 12.8 Å². The van der Waals surface area contributed by atoms with Crippen LogP contribution in [0.5, 0.6) is 11.5 Å². The molecule has 2 heterocycles. The van der Waals surface area contributed by atoms with E-state index < -0.39 is 5.54 Å². The first-order valence-corrected chi connectivity index (χ1v) is 13.7. The first-order valence-electron chi connectivity index (χ1n) is 13.3. The van der Waals surface area contributed by atoms with Crippen LogP contribution >= 0.6 is 11.6 Å². The summed E-state index contributed by atoms with van der Waals surface area (Å²) in [5.74, 6) is 0.690. The number of benzene rings is 3. The normalized spacial score (nSPS) is 16.1. The average Bonchev–Trinajstić information content (AvgIpc) is 3.23. The van der Waals surface area contributed by atoms with Gasteiger partial charge in [0.15, 0.2) is 0 Å². The first-order chi connectivity index (χ1) is 19.8. The number of nitrogens with one attached hydrogen (secondary N) is 2. The van der Waals surface area contributed by atoms with Gasteiger partial charge in [0.05, 0.1) is 20.9 Å². The van der Waals surface area contributed by atoms with E-state index in [2.05, 4.69) is 15.5 Å². The van der Waals surface area contributed by atoms with E-state index in [-0.39, 0.29) is 31.1 Å². The van der Waals surface area contributed by atoms with Crippen LogP contribution in [0.15, 0.2) is 72.8 Å². The molecule has 2 fully saturated rings. The van der Waals surface area contributed by atoms with E-state index in [0.717, 1.165) is 5.69 Å². The van der Waals surface area contributed by atoms with Crippen molar-refractivity contribution in [1.29, 1.82) is 0 Å². The number of para-hydroxylation sites is 1. The minimum absolute atomic E-state index is 0.0989. The van der Waals surface area contributed by atoms with Crippen LogP contribution in [0.3, 0.4) is 0 Å². The minimum Gasteiger partial charge on any atom is -0.497 e. The number of hydrogen-bond acceptors (Lipinski definition) is 6. The number of ether oxygens (including phenoxy) is 2. The van der Waals surface area contributed by atoms with Crippen LogP contribution in [0.4, 0.5) is 21.9 Å². The van der Waals surface area contributed by atoms with Gasteiger partial charge in [-0.15, -0.1) is 0 Å². The van der Waals surface area contributed by atoms with Gasteiger partial charge >= 0.3 is 6.03 Å². The summed E-state index contributed by atoms with van der Waals surface area (Å²) in [6.45, 7) is 0.898. The van der Waals surface area contributed by atoms with Gasteiger partial charge in [0.25, 0.3) is 5.91 Å². The second-order valence-electron chi connectivity index (χ2n) is 10.0. The number of carbonyl (C=O) groups is 3. The molecule has 0 saturated carbocycles. The molecule has 0 bridgehead atoms. The van der Waals surface area contributed by atoms with Crippen molar-refractivity contribution in [2.45, 2.75) is 18.4 Å². The van der Waals surface area contributed by atoms with E-state index in [9.17, 15) is 14.4 Å². The number of amides is 4. The van der Waals surface area contributed by atoms with Gasteiger partial charge in [-0.25, -0.2) is 4.79 Å². The number of nitrogens with zero attached hydrogens (tertiary/aromatic N) is 3. The molecule has 2 aliphatic rings. The van der Waals surface area contributed by atoms with Crippen LogP contribution in [0.2, 0.25) is 5.02 Å². The predicted octanol–water partition coefficient (Wildman–Crippen LogP) is 4.67. The molecule has 2 saturated heterocycles. The summed E-state index contributed by atoms with van der Waals surface area (Å²) in [5.41, 5.74) is 1.14. The van der Waals surface area contributed by atoms with Gasteiger partial charge in [0.1, 0.15) is 23.6 Å². The third-order valence-corrected chi connectivity index (χ3v) is 7.74. The van der Waals surface area contributed by atoms with Gasteiger partial charge in [0.2, 0.25) is 5.91 Å². The molecule has 11 heteroatoms. The fourth-order valence-corrected chi connectivity index (χ4v) is 5.61. The first kappa shape index (κ1) is 28.1. The molecule has 0 aromatic heterocycles. The van der Waals surface area contributed by atoms with Gasteiger partial charge in [0, 0.05) is 53.4 Å². The number of methoxy groups -OCH3 is 2. The molecule has 1 spiro atoms. The van der Waals surface area contributed by atoms with Gasteiger partial charge in [-0.2, -0.15) is 0 Å². The molecular formula is C30H32ClN5O5. The smallest absolute Gasteiger partial charge is 0.321 e. The van der Waals surface area contributed by atoms with Gasteiger partial charge < -0.3 is 34.8 Å². The highest BCUT2D eigenvalue weighted by molar-refractivity contribution is 6.30. The molecule has 3 aromatic carbocycles. The van der Waals surface area contributed by atoms with Gasteiger partial charge in [-0.3, -0.25) is 9.59 Å². The Bertz CT molecular complexity index is 1410. The third kappa shape index (κ3) is 6.02. The number of hydrogen-bond donors (Lipinski definition) is 2. The maximum Gasteiger partial charge on any atom is 0.321 e. The van der Waals surface area contributed by atoms with Crippen molar-refractivity contribution in [2.24, 2.45) is 0 Å². The van der Waals surface area contributed by atoms with Crippen molar-refractivity contribution < 1.29 is 23.9 Å². The third-order valence-electron chi connectivity index (χ3n) is 7.51. The van der Waals surface area contributed by atoms with Crippen LogP contribution in [-0.4, -0.2) is 73.7 Å². The molecular weight excluding hydrogens is 546 g/mol. The largest absolute Gasteiger partial charge is 0.497 e. The molecule has 4 amide bonds. The number of likely N-dealkylation sites (tertiary alicyclic amines) is 1. The lowest BCUT2D eigenvalue weighted by atomic mass is 9.85. The molecule has 10 nitrogen and oxygen atoms in total. The topological polar surface area (TPSA) is 103 Å². The van der Waals surface area contributed by atoms with E-state index in [1.54, 1.807) is 66.5 Å². The van der Waals surface area contributed by atoms with Crippen molar-refractivity contribution in [3.05, 3.63) is 77.8 Å². The van der Waals surface area contributed by atoms with Crippen molar-refractivity contribution in [3.63, 3.8) is 0 Å². The van der Waals surface area contributed by atoms with Crippen LogP contribution in [-0.2, 0) is 9.59 Å². The lowest BCUT2D eigenvalue weighted by Gasteiger charge is -2.43. The Kier molecular flexibility index (Phi) is 8.21. The molecule has 0 radical (unpaired) electrons. The standard InChI is InChI=1S/C30H32ClN5O5/c1-40-25-16-23(17-26(18-25)41-2)33-29(39)34-13-11-30(12-14-34)28(38)35(20-36(30)24-9-4-3-5-10-24)19-27(37)32-22-8-6-7-21(31)15-22/h3-10,15-18H,11-14,19-20H2,1-2H3,(H,32,37)(H,33,39). The van der Waals surface area contributed by atoms with Crippen LogP contribution < -0.4 is 25.0 Å². The van der Waals surface area contributed by atoms with Crippen molar-refractivity contribution in [2.75, 3.05) is 56.1 Å². The fourth-order valence-electron chi connectivity index (χ4n) is 5.42. The number of piperidine rings is 1. The Hall–Kier alpha value is -4.44. The summed E-state index contributed by atoms with van der Waals surface area (Å²) in [6, 6.07) is 21.5. The van der Waals surface area contributed by atoms with E-state index in [1.165, 1.54) is 0 Å². The Labute approximate surface area is 243 Å². The maximum absolute atomic E-state index is 14.0. The molecule has 2 N–H and O–H groups in total. The maximum atomic E-state index is 14.0. The van der Waals surface area contributed by atoms with Crippen molar-refractivity contribution in [1.82, 2.24) is 9.80 Å². The highest BCUT2D eigenvalue weighted by Crippen LogP contribution is 2.39. The Morgan fingerprint density at radius 3 is 2.20 bits per heavy atom. The second-order valence-corrected chi connectivity index (χ2v) is 10.5. The molecule has 214 valence electrons. The average molecular weight is 578 g/mol.